The van der Waals surface area contributed by atoms with Crippen LogP contribution in [0.25, 0.3) is 22.3 Å². The monoisotopic (exact) mass is 704 g/mol. The molecule has 0 bridgehead atoms. The van der Waals surface area contributed by atoms with Gasteiger partial charge in [0, 0.05) is 28.7 Å². The molecule has 5 aromatic rings. The Hall–Kier alpha value is -5.15. The van der Waals surface area contributed by atoms with Gasteiger partial charge in [-0.25, -0.2) is 0 Å². The lowest BCUT2D eigenvalue weighted by Gasteiger charge is -2.21. The van der Waals surface area contributed by atoms with Gasteiger partial charge in [0.15, 0.2) is 0 Å². The summed E-state index contributed by atoms with van der Waals surface area (Å²) in [6, 6.07) is 21.7. The van der Waals surface area contributed by atoms with Gasteiger partial charge < -0.3 is 15.1 Å². The molecule has 256 valence electrons. The van der Waals surface area contributed by atoms with Crippen molar-refractivity contribution in [2.24, 2.45) is 0 Å². The molecule has 3 N–H and O–H groups in total. The van der Waals surface area contributed by atoms with Gasteiger partial charge in [-0.2, -0.15) is 34.8 Å². The number of carbonyl (C=O) groups excluding carboxylic acids is 2. The van der Waals surface area contributed by atoms with Gasteiger partial charge >= 0.3 is 12.4 Å². The second-order valence-electron chi connectivity index (χ2n) is 11.0. The maximum atomic E-state index is 13.7. The number of para-hydroxylation sites is 1. The number of hydrogen-bond acceptors (Lipinski definition) is 5. The Bertz CT molecular complexity index is 2030. The number of benzene rings is 4. The predicted octanol–water partition coefficient (Wildman–Crippen LogP) is 7.72. The molecule has 0 aliphatic heterocycles. The summed E-state index contributed by atoms with van der Waals surface area (Å²) < 4.78 is 119. The highest BCUT2D eigenvalue weighted by molar-refractivity contribution is 7.85. The highest BCUT2D eigenvalue weighted by atomic mass is 32.2. The van der Waals surface area contributed by atoms with Crippen molar-refractivity contribution in [3.05, 3.63) is 125 Å². The van der Waals surface area contributed by atoms with Crippen molar-refractivity contribution in [2.45, 2.75) is 24.7 Å². The number of fused-ring (bicyclic) bond motifs is 1. The van der Waals surface area contributed by atoms with Crippen LogP contribution in [-0.2, 0) is 33.7 Å². The molecule has 5 rings (SSSR count). The Morgan fingerprint density at radius 2 is 1.41 bits per heavy atom. The van der Waals surface area contributed by atoms with Gasteiger partial charge in [0.25, 0.3) is 16.0 Å². The molecule has 1 unspecified atom stereocenters. The maximum Gasteiger partial charge on any atom is 0.416 e. The predicted molar refractivity (Wildman–Crippen MR) is 168 cm³/mol. The number of nitrogens with one attached hydrogen (secondary N) is 2. The van der Waals surface area contributed by atoms with Crippen LogP contribution in [0.4, 0.5) is 32.0 Å². The van der Waals surface area contributed by atoms with Crippen molar-refractivity contribution in [3.8, 4) is 11.3 Å². The molecular weight excluding hydrogens is 678 g/mol. The molecule has 1 atom stereocenters. The molecule has 1 heterocycles. The molecule has 4 aromatic carbocycles. The minimum absolute atomic E-state index is 0.0231. The largest absolute Gasteiger partial charge is 0.456 e. The van der Waals surface area contributed by atoms with E-state index >= 15 is 0 Å². The molecule has 0 fully saturated rings. The van der Waals surface area contributed by atoms with Crippen molar-refractivity contribution in [1.29, 1.82) is 0 Å². The summed E-state index contributed by atoms with van der Waals surface area (Å²) in [6.45, 7) is -0.391. The fourth-order valence-electron chi connectivity index (χ4n) is 5.04. The lowest BCUT2D eigenvalue weighted by Crippen LogP contribution is -2.28. The fraction of sp³-hybridized carbons (Fsp3) is 0.176. The Balaban J connectivity index is 1.43. The molecule has 49 heavy (non-hydrogen) atoms. The van der Waals surface area contributed by atoms with E-state index in [9.17, 15) is 44.3 Å². The van der Waals surface area contributed by atoms with Gasteiger partial charge in [-0.15, -0.1) is 0 Å². The van der Waals surface area contributed by atoms with E-state index in [-0.39, 0.29) is 23.7 Å². The summed E-state index contributed by atoms with van der Waals surface area (Å²) in [5.41, 5.74) is -1.84. The lowest BCUT2D eigenvalue weighted by molar-refractivity contribution is -0.143. The number of furan rings is 1. The van der Waals surface area contributed by atoms with Gasteiger partial charge in [-0.05, 0) is 84.3 Å². The first-order valence-electron chi connectivity index (χ1n) is 14.5. The zero-order chi connectivity index (χ0) is 35.6. The molecule has 0 aliphatic rings. The average molecular weight is 705 g/mol. The van der Waals surface area contributed by atoms with E-state index in [1.165, 1.54) is 36.4 Å². The van der Waals surface area contributed by atoms with E-state index in [2.05, 4.69) is 10.6 Å². The minimum atomic E-state index is -5.14. The topological polar surface area (TPSA) is 126 Å². The van der Waals surface area contributed by atoms with E-state index in [0.717, 1.165) is 5.39 Å². The molecule has 8 nitrogen and oxygen atoms in total. The van der Waals surface area contributed by atoms with E-state index in [4.69, 9.17) is 8.97 Å². The zero-order valence-corrected chi connectivity index (χ0v) is 25.9. The first-order chi connectivity index (χ1) is 23.0. The highest BCUT2D eigenvalue weighted by Crippen LogP contribution is 2.39. The Morgan fingerprint density at radius 3 is 1.98 bits per heavy atom. The second-order valence-corrected chi connectivity index (χ2v) is 12.6. The minimum Gasteiger partial charge on any atom is -0.456 e. The number of halogens is 6. The highest BCUT2D eigenvalue weighted by Gasteiger charge is 2.38. The smallest absolute Gasteiger partial charge is 0.416 e. The normalized spacial score (nSPS) is 12.9. The number of hydrogen-bond donors (Lipinski definition) is 3. The van der Waals surface area contributed by atoms with Crippen molar-refractivity contribution < 1.29 is 53.3 Å². The second kappa shape index (κ2) is 13.8. The van der Waals surface area contributed by atoms with Gasteiger partial charge in [-0.3, -0.25) is 14.1 Å². The average Bonchev–Trinajstić information content (AvgIpc) is 3.47. The van der Waals surface area contributed by atoms with Gasteiger partial charge in [0.05, 0.1) is 22.8 Å². The van der Waals surface area contributed by atoms with Crippen LogP contribution in [-0.4, -0.2) is 37.1 Å². The first kappa shape index (κ1) is 35.2. The Kier molecular flexibility index (Phi) is 9.88. The third-order valence-electron chi connectivity index (χ3n) is 7.49. The molecule has 0 radical (unpaired) electrons. The van der Waals surface area contributed by atoms with Crippen molar-refractivity contribution >= 4 is 38.6 Å². The molecule has 0 saturated carbocycles. The number of rotatable bonds is 10. The molecule has 0 saturated heterocycles. The van der Waals surface area contributed by atoms with Crippen LogP contribution in [0.2, 0.25) is 0 Å². The summed E-state index contributed by atoms with van der Waals surface area (Å²) in [5.74, 6) is -3.34. The molecule has 0 spiro atoms. The standard InChI is InChI=1S/C34H26F6N2O6S/c35-33(36,37)25-16-24(17-26(19-25)34(38,39)40)28(15-20-5-7-22(8-6-20)31(43)41-13-14-49(45,46)47)32(44)42-27-11-9-21(10-12-27)30-18-23-3-1-2-4-29(23)48-30/h1-12,16-19,28H,13-15H2,(H,41,43)(H,42,44)(H,45,46,47). The van der Waals surface area contributed by atoms with Crippen molar-refractivity contribution in [2.75, 3.05) is 17.6 Å². The van der Waals surface area contributed by atoms with Gasteiger partial charge in [-0.1, -0.05) is 30.3 Å². The van der Waals surface area contributed by atoms with Crippen molar-refractivity contribution in [3.63, 3.8) is 0 Å². The number of alkyl halides is 6. The van der Waals surface area contributed by atoms with Crippen LogP contribution < -0.4 is 10.6 Å². The Labute approximate surface area is 275 Å². The summed E-state index contributed by atoms with van der Waals surface area (Å²) in [5, 5.41) is 5.73. The van der Waals surface area contributed by atoms with Crippen LogP contribution in [0.15, 0.2) is 101 Å². The number of amides is 2. The maximum absolute atomic E-state index is 13.7. The quantitative estimate of drug-likeness (QED) is 0.101. The SMILES string of the molecule is O=C(NCCS(=O)(=O)O)c1ccc(CC(C(=O)Nc2ccc(-c3cc4ccccc4o3)cc2)c2cc(C(F)(F)F)cc(C(F)(F)F)c2)cc1. The van der Waals surface area contributed by atoms with Crippen LogP contribution in [0.1, 0.15) is 38.5 Å². The van der Waals surface area contributed by atoms with Crippen LogP contribution in [0.3, 0.4) is 0 Å². The Morgan fingerprint density at radius 1 is 0.796 bits per heavy atom. The third kappa shape index (κ3) is 9.06. The van der Waals surface area contributed by atoms with Crippen LogP contribution in [0, 0.1) is 0 Å². The van der Waals surface area contributed by atoms with E-state index < -0.39 is 69.2 Å². The molecule has 0 aliphatic carbocycles. The molecule has 1 aromatic heterocycles. The number of carbonyl (C=O) groups is 2. The molecule has 15 heteroatoms. The summed E-state index contributed by atoms with van der Waals surface area (Å²) in [7, 11) is -4.32. The zero-order valence-electron chi connectivity index (χ0n) is 25.1. The van der Waals surface area contributed by atoms with Crippen LogP contribution >= 0.6 is 0 Å². The van der Waals surface area contributed by atoms with E-state index in [0.29, 0.717) is 34.6 Å². The third-order valence-corrected chi connectivity index (χ3v) is 8.21. The van der Waals surface area contributed by atoms with E-state index in [1.54, 1.807) is 18.2 Å². The first-order valence-corrected chi connectivity index (χ1v) is 16.1. The van der Waals surface area contributed by atoms with E-state index in [1.807, 2.05) is 24.3 Å². The van der Waals surface area contributed by atoms with Gasteiger partial charge in [0.1, 0.15) is 11.3 Å². The van der Waals surface area contributed by atoms with Crippen LogP contribution in [0.5, 0.6) is 0 Å². The fourth-order valence-corrected chi connectivity index (χ4v) is 5.40. The lowest BCUT2D eigenvalue weighted by atomic mass is 9.88. The summed E-state index contributed by atoms with van der Waals surface area (Å²) in [6.07, 6.45) is -10.6. The number of anilines is 1. The summed E-state index contributed by atoms with van der Waals surface area (Å²) in [4.78, 5) is 26.0. The van der Waals surface area contributed by atoms with Gasteiger partial charge in [0.2, 0.25) is 5.91 Å². The molecule has 2 amide bonds. The summed E-state index contributed by atoms with van der Waals surface area (Å²) >= 11 is 0. The molecular formula is C34H26F6N2O6S. The van der Waals surface area contributed by atoms with Crippen molar-refractivity contribution in [1.82, 2.24) is 5.32 Å².